The van der Waals surface area contributed by atoms with Crippen LogP contribution < -0.4 is 5.32 Å². The second kappa shape index (κ2) is 5.73. The van der Waals surface area contributed by atoms with Gasteiger partial charge in [-0.1, -0.05) is 6.92 Å². The molecule has 1 unspecified atom stereocenters. The molecule has 0 radical (unpaired) electrons. The van der Waals surface area contributed by atoms with Gasteiger partial charge in [0.15, 0.2) is 0 Å². The molecule has 1 heterocycles. The Labute approximate surface area is 105 Å². The fraction of sp³-hybridized carbons (Fsp3) is 0.385. The molecule has 1 atom stereocenters. The molecule has 0 aliphatic rings. The summed E-state index contributed by atoms with van der Waals surface area (Å²) >= 11 is 0. The second-order valence-corrected chi connectivity index (χ2v) is 4.13. The van der Waals surface area contributed by atoms with Crippen LogP contribution in [0.5, 0.6) is 0 Å². The summed E-state index contributed by atoms with van der Waals surface area (Å²) in [5, 5.41) is 11.2. The molecule has 5 heteroatoms. The van der Waals surface area contributed by atoms with Crippen LogP contribution in [-0.4, -0.2) is 16.7 Å². The third kappa shape index (κ3) is 2.92. The first-order valence-corrected chi connectivity index (χ1v) is 6.03. The number of nitrogens with zero attached hydrogens (tertiary/aromatic N) is 2. The van der Waals surface area contributed by atoms with E-state index in [1.54, 1.807) is 12.1 Å². The maximum absolute atomic E-state index is 12.8. The molecule has 1 aromatic carbocycles. The minimum Gasteiger partial charge on any atom is -0.419 e. The molecular formula is C13H16FN3O. The standard InChI is InChI=1S/C13H16FN3O/c1-3-8-15-9(2)12-16-17-13(18-12)10-4-6-11(14)7-5-10/h4-7,9,15H,3,8H2,1-2H3. The molecule has 0 bridgehead atoms. The van der Waals surface area contributed by atoms with Crippen molar-refractivity contribution in [1.29, 1.82) is 0 Å². The van der Waals surface area contributed by atoms with E-state index in [0.717, 1.165) is 18.5 Å². The Kier molecular flexibility index (Phi) is 4.04. The maximum Gasteiger partial charge on any atom is 0.247 e. The number of nitrogens with one attached hydrogen (secondary N) is 1. The van der Waals surface area contributed by atoms with Gasteiger partial charge in [-0.25, -0.2) is 4.39 Å². The zero-order chi connectivity index (χ0) is 13.0. The normalized spacial score (nSPS) is 12.6. The van der Waals surface area contributed by atoms with Crippen LogP contribution in [0.2, 0.25) is 0 Å². The summed E-state index contributed by atoms with van der Waals surface area (Å²) in [7, 11) is 0. The van der Waals surface area contributed by atoms with Crippen molar-refractivity contribution in [2.75, 3.05) is 6.54 Å². The SMILES string of the molecule is CCCNC(C)c1nnc(-c2ccc(F)cc2)o1. The zero-order valence-corrected chi connectivity index (χ0v) is 10.5. The largest absolute Gasteiger partial charge is 0.419 e. The van der Waals surface area contributed by atoms with E-state index in [4.69, 9.17) is 4.42 Å². The van der Waals surface area contributed by atoms with Crippen molar-refractivity contribution in [3.05, 3.63) is 36.0 Å². The van der Waals surface area contributed by atoms with Crippen LogP contribution in [0.4, 0.5) is 4.39 Å². The number of rotatable bonds is 5. The van der Waals surface area contributed by atoms with Gasteiger partial charge in [0.1, 0.15) is 5.82 Å². The van der Waals surface area contributed by atoms with Crippen molar-refractivity contribution in [2.24, 2.45) is 0 Å². The molecular weight excluding hydrogens is 233 g/mol. The highest BCUT2D eigenvalue weighted by atomic mass is 19.1. The quantitative estimate of drug-likeness (QED) is 0.885. The van der Waals surface area contributed by atoms with E-state index in [-0.39, 0.29) is 11.9 Å². The van der Waals surface area contributed by atoms with Crippen LogP contribution >= 0.6 is 0 Å². The Morgan fingerprint density at radius 3 is 2.67 bits per heavy atom. The minimum atomic E-state index is -0.281. The van der Waals surface area contributed by atoms with E-state index in [2.05, 4.69) is 22.4 Å². The monoisotopic (exact) mass is 249 g/mol. The lowest BCUT2D eigenvalue weighted by molar-refractivity contribution is 0.423. The summed E-state index contributed by atoms with van der Waals surface area (Å²) in [6.07, 6.45) is 1.04. The maximum atomic E-state index is 12.8. The van der Waals surface area contributed by atoms with Crippen molar-refractivity contribution in [1.82, 2.24) is 15.5 Å². The summed E-state index contributed by atoms with van der Waals surface area (Å²) in [6, 6.07) is 6.01. The molecule has 1 aromatic heterocycles. The second-order valence-electron chi connectivity index (χ2n) is 4.13. The van der Waals surface area contributed by atoms with E-state index in [9.17, 15) is 4.39 Å². The van der Waals surface area contributed by atoms with Gasteiger partial charge in [0.2, 0.25) is 11.8 Å². The number of halogens is 1. The Morgan fingerprint density at radius 2 is 2.00 bits per heavy atom. The first kappa shape index (κ1) is 12.7. The molecule has 0 aliphatic heterocycles. The average molecular weight is 249 g/mol. The predicted octanol–water partition coefficient (Wildman–Crippen LogP) is 2.94. The molecule has 0 aliphatic carbocycles. The summed E-state index contributed by atoms with van der Waals surface area (Å²) in [5.41, 5.74) is 0.720. The van der Waals surface area contributed by atoms with Gasteiger partial charge < -0.3 is 9.73 Å². The van der Waals surface area contributed by atoms with E-state index >= 15 is 0 Å². The summed E-state index contributed by atoms with van der Waals surface area (Å²) in [6.45, 7) is 4.96. The molecule has 2 aromatic rings. The van der Waals surface area contributed by atoms with Crippen LogP contribution in [0.15, 0.2) is 28.7 Å². The molecule has 4 nitrogen and oxygen atoms in total. The Balaban J connectivity index is 2.12. The van der Waals surface area contributed by atoms with E-state index in [1.807, 2.05) is 6.92 Å². The van der Waals surface area contributed by atoms with Crippen molar-refractivity contribution >= 4 is 0 Å². The van der Waals surface area contributed by atoms with Gasteiger partial charge in [-0.2, -0.15) is 0 Å². The van der Waals surface area contributed by atoms with Crippen LogP contribution in [-0.2, 0) is 0 Å². The van der Waals surface area contributed by atoms with Gasteiger partial charge in [0.25, 0.3) is 0 Å². The molecule has 0 spiro atoms. The topological polar surface area (TPSA) is 51.0 Å². The fourth-order valence-corrected chi connectivity index (χ4v) is 1.57. The highest BCUT2D eigenvalue weighted by molar-refractivity contribution is 5.51. The van der Waals surface area contributed by atoms with Crippen molar-refractivity contribution in [3.8, 4) is 11.5 Å². The third-order valence-electron chi connectivity index (χ3n) is 2.60. The van der Waals surface area contributed by atoms with Gasteiger partial charge in [-0.05, 0) is 44.2 Å². The number of aromatic nitrogens is 2. The van der Waals surface area contributed by atoms with Gasteiger partial charge in [0.05, 0.1) is 6.04 Å². The summed E-state index contributed by atoms with van der Waals surface area (Å²) in [4.78, 5) is 0. The lowest BCUT2D eigenvalue weighted by Crippen LogP contribution is -2.19. The van der Waals surface area contributed by atoms with Gasteiger partial charge in [0, 0.05) is 5.56 Å². The molecule has 18 heavy (non-hydrogen) atoms. The van der Waals surface area contributed by atoms with Crippen LogP contribution in [0, 0.1) is 5.82 Å². The summed E-state index contributed by atoms with van der Waals surface area (Å²) < 4.78 is 18.4. The predicted molar refractivity (Wildman–Crippen MR) is 66.4 cm³/mol. The zero-order valence-electron chi connectivity index (χ0n) is 10.5. The van der Waals surface area contributed by atoms with E-state index in [0.29, 0.717) is 11.8 Å². The Bertz CT molecular complexity index is 495. The summed E-state index contributed by atoms with van der Waals surface area (Å²) in [5.74, 6) is 0.675. The molecule has 0 amide bonds. The van der Waals surface area contributed by atoms with Crippen molar-refractivity contribution in [3.63, 3.8) is 0 Å². The smallest absolute Gasteiger partial charge is 0.247 e. The lowest BCUT2D eigenvalue weighted by atomic mass is 10.2. The first-order valence-electron chi connectivity index (χ1n) is 6.03. The van der Waals surface area contributed by atoms with Gasteiger partial charge in [-0.15, -0.1) is 10.2 Å². The van der Waals surface area contributed by atoms with Crippen LogP contribution in [0.1, 0.15) is 32.2 Å². The van der Waals surface area contributed by atoms with Gasteiger partial charge in [-0.3, -0.25) is 0 Å². The van der Waals surface area contributed by atoms with Crippen LogP contribution in [0.25, 0.3) is 11.5 Å². The number of hydrogen-bond acceptors (Lipinski definition) is 4. The number of hydrogen-bond donors (Lipinski definition) is 1. The number of benzene rings is 1. The van der Waals surface area contributed by atoms with Gasteiger partial charge >= 0.3 is 0 Å². The fourth-order valence-electron chi connectivity index (χ4n) is 1.57. The van der Waals surface area contributed by atoms with Crippen LogP contribution in [0.3, 0.4) is 0 Å². The molecule has 1 N–H and O–H groups in total. The van der Waals surface area contributed by atoms with E-state index in [1.165, 1.54) is 12.1 Å². The molecule has 0 saturated heterocycles. The van der Waals surface area contributed by atoms with Crippen molar-refractivity contribution < 1.29 is 8.81 Å². The van der Waals surface area contributed by atoms with E-state index < -0.39 is 0 Å². The molecule has 2 rings (SSSR count). The highest BCUT2D eigenvalue weighted by Gasteiger charge is 2.14. The molecule has 96 valence electrons. The Morgan fingerprint density at radius 1 is 1.28 bits per heavy atom. The van der Waals surface area contributed by atoms with Crippen molar-refractivity contribution in [2.45, 2.75) is 26.3 Å². The molecule has 0 fully saturated rings. The lowest BCUT2D eigenvalue weighted by Gasteiger charge is -2.07. The first-order chi connectivity index (χ1) is 8.70. The highest BCUT2D eigenvalue weighted by Crippen LogP contribution is 2.20. The molecule has 0 saturated carbocycles. The Hall–Kier alpha value is -1.75. The average Bonchev–Trinajstić information content (AvgIpc) is 2.86. The minimum absolute atomic E-state index is 0.0200. The third-order valence-corrected chi connectivity index (χ3v) is 2.60.